The molecule has 0 saturated carbocycles. The second-order valence-electron chi connectivity index (χ2n) is 8.28. The lowest BCUT2D eigenvalue weighted by Crippen LogP contribution is -2.54. The van der Waals surface area contributed by atoms with Crippen molar-refractivity contribution < 1.29 is 35.9 Å². The molecule has 0 radical (unpaired) electrons. The van der Waals surface area contributed by atoms with E-state index in [0.29, 0.717) is 43.9 Å². The third kappa shape index (κ3) is 4.95. The molecule has 2 atom stereocenters. The molecule has 0 N–H and O–H groups in total. The number of anilines is 1. The van der Waals surface area contributed by atoms with Gasteiger partial charge in [-0.05, 0) is 42.3 Å². The summed E-state index contributed by atoms with van der Waals surface area (Å²) in [7, 11) is 0. The summed E-state index contributed by atoms with van der Waals surface area (Å²) >= 11 is 0. The lowest BCUT2D eigenvalue weighted by molar-refractivity contribution is -0.174. The number of piperazine rings is 1. The number of carbonyl (C=O) groups excluding carboxylic acids is 1. The summed E-state index contributed by atoms with van der Waals surface area (Å²) in [5.41, 5.74) is 0.353. The number of amides is 1. The van der Waals surface area contributed by atoms with Crippen LogP contribution in [0, 0.1) is 6.92 Å². The molecule has 0 bridgehead atoms. The summed E-state index contributed by atoms with van der Waals surface area (Å²) in [6, 6.07) is 8.32. The van der Waals surface area contributed by atoms with Crippen LogP contribution in [0.25, 0.3) is 0 Å². The molecule has 2 aliphatic rings. The molecule has 2 aliphatic heterocycles. The molecule has 2 fully saturated rings. The summed E-state index contributed by atoms with van der Waals surface area (Å²) in [6.45, 7) is 3.22. The van der Waals surface area contributed by atoms with Crippen molar-refractivity contribution in [2.24, 2.45) is 0 Å². The van der Waals surface area contributed by atoms with Crippen molar-refractivity contribution in [3.8, 4) is 0 Å². The van der Waals surface area contributed by atoms with Crippen molar-refractivity contribution in [1.29, 1.82) is 0 Å². The monoisotopic (exact) mass is 472 g/mol. The minimum absolute atomic E-state index is 0.210. The van der Waals surface area contributed by atoms with Crippen LogP contribution >= 0.6 is 0 Å². The first-order chi connectivity index (χ1) is 15.4. The molecule has 0 spiro atoms. The Labute approximate surface area is 186 Å². The fraction of sp³-hybridized carbons (Fsp3) is 0.435. The number of halogens is 6. The number of rotatable bonds is 3. The molecule has 2 saturated heterocycles. The van der Waals surface area contributed by atoms with Crippen LogP contribution in [0.5, 0.6) is 0 Å². The van der Waals surface area contributed by atoms with Gasteiger partial charge in [-0.3, -0.25) is 4.79 Å². The second-order valence-corrected chi connectivity index (χ2v) is 8.28. The van der Waals surface area contributed by atoms with Gasteiger partial charge >= 0.3 is 12.4 Å². The van der Waals surface area contributed by atoms with Gasteiger partial charge in [0.25, 0.3) is 5.91 Å². The van der Waals surface area contributed by atoms with Crippen LogP contribution in [0.1, 0.15) is 34.8 Å². The van der Waals surface area contributed by atoms with Gasteiger partial charge in [0.05, 0.1) is 17.2 Å². The van der Waals surface area contributed by atoms with E-state index in [1.54, 1.807) is 11.8 Å². The van der Waals surface area contributed by atoms with Gasteiger partial charge in [-0.25, -0.2) is 0 Å². The van der Waals surface area contributed by atoms with E-state index >= 15 is 0 Å². The Kier molecular flexibility index (Phi) is 6.07. The van der Waals surface area contributed by atoms with Gasteiger partial charge in [-0.15, -0.1) is 0 Å². The lowest BCUT2D eigenvalue weighted by Gasteiger charge is -2.42. The maximum Gasteiger partial charge on any atom is 0.416 e. The number of nitrogens with zero attached hydrogens (tertiary/aromatic N) is 2. The zero-order valence-corrected chi connectivity index (χ0v) is 17.7. The number of alkyl halides is 6. The average Bonchev–Trinajstić information content (AvgIpc) is 2.72. The van der Waals surface area contributed by atoms with Crippen molar-refractivity contribution >= 4 is 11.6 Å². The largest absolute Gasteiger partial charge is 0.416 e. The van der Waals surface area contributed by atoms with Gasteiger partial charge in [0.2, 0.25) is 0 Å². The highest BCUT2D eigenvalue weighted by Gasteiger charge is 2.40. The molecule has 178 valence electrons. The van der Waals surface area contributed by atoms with E-state index in [9.17, 15) is 31.1 Å². The highest BCUT2D eigenvalue weighted by atomic mass is 19.4. The number of hydrogen-bond donors (Lipinski definition) is 0. The highest BCUT2D eigenvalue weighted by molar-refractivity contribution is 5.82. The summed E-state index contributed by atoms with van der Waals surface area (Å²) in [4.78, 5) is 16.2. The van der Waals surface area contributed by atoms with Crippen LogP contribution in [-0.4, -0.2) is 43.1 Å². The van der Waals surface area contributed by atoms with E-state index in [-0.39, 0.29) is 5.91 Å². The fourth-order valence-electron chi connectivity index (χ4n) is 4.14. The SMILES string of the molecule is Cc1ccc(C(F)(F)F)cc1N1CCN(C(=O)[C@@H]2C[C@H](c3ccc(C(F)(F)F)cc3)O2)CC1. The number of ether oxygens (including phenoxy) is 1. The molecule has 4 rings (SSSR count). The lowest BCUT2D eigenvalue weighted by atomic mass is 9.95. The van der Waals surface area contributed by atoms with E-state index in [2.05, 4.69) is 0 Å². The summed E-state index contributed by atoms with van der Waals surface area (Å²) in [6.07, 6.45) is -9.57. The molecule has 4 nitrogen and oxygen atoms in total. The first kappa shape index (κ1) is 23.4. The Bertz CT molecular complexity index is 1010. The normalized spacial score (nSPS) is 21.7. The Morgan fingerprint density at radius 1 is 0.879 bits per heavy atom. The number of benzene rings is 2. The van der Waals surface area contributed by atoms with E-state index in [1.165, 1.54) is 18.2 Å². The summed E-state index contributed by atoms with van der Waals surface area (Å²) in [5, 5.41) is 0. The summed E-state index contributed by atoms with van der Waals surface area (Å²) < 4.78 is 82.9. The highest BCUT2D eigenvalue weighted by Crippen LogP contribution is 2.38. The molecule has 0 aliphatic carbocycles. The predicted molar refractivity (Wildman–Crippen MR) is 109 cm³/mol. The molecule has 33 heavy (non-hydrogen) atoms. The van der Waals surface area contributed by atoms with Crippen molar-refractivity contribution in [3.05, 3.63) is 64.7 Å². The average molecular weight is 472 g/mol. The van der Waals surface area contributed by atoms with Gasteiger partial charge < -0.3 is 14.5 Å². The smallest absolute Gasteiger partial charge is 0.368 e. The maximum absolute atomic E-state index is 13.1. The van der Waals surface area contributed by atoms with E-state index in [1.807, 2.05) is 4.90 Å². The van der Waals surface area contributed by atoms with Crippen molar-refractivity contribution in [3.63, 3.8) is 0 Å². The predicted octanol–water partition coefficient (Wildman–Crippen LogP) is 5.21. The second kappa shape index (κ2) is 8.55. The minimum atomic E-state index is -4.43. The molecule has 2 aromatic carbocycles. The Morgan fingerprint density at radius 3 is 1.97 bits per heavy atom. The van der Waals surface area contributed by atoms with Crippen LogP contribution in [0.3, 0.4) is 0 Å². The van der Waals surface area contributed by atoms with Gasteiger partial charge in [0.1, 0.15) is 6.10 Å². The molecular weight excluding hydrogens is 450 g/mol. The molecule has 2 heterocycles. The minimum Gasteiger partial charge on any atom is -0.368 e. The Hall–Kier alpha value is -2.75. The van der Waals surface area contributed by atoms with Gasteiger partial charge in [-0.1, -0.05) is 18.2 Å². The zero-order valence-electron chi connectivity index (χ0n) is 17.7. The number of carbonyl (C=O) groups is 1. The molecular formula is C23H22F6N2O2. The number of hydrogen-bond acceptors (Lipinski definition) is 3. The first-order valence-corrected chi connectivity index (χ1v) is 10.5. The summed E-state index contributed by atoms with van der Waals surface area (Å²) in [5.74, 6) is -0.210. The maximum atomic E-state index is 13.1. The Morgan fingerprint density at radius 2 is 1.42 bits per heavy atom. The zero-order chi connectivity index (χ0) is 24.0. The number of aryl methyl sites for hydroxylation is 1. The van der Waals surface area contributed by atoms with Gasteiger partial charge in [-0.2, -0.15) is 26.3 Å². The van der Waals surface area contributed by atoms with Crippen LogP contribution in [0.2, 0.25) is 0 Å². The van der Waals surface area contributed by atoms with Gasteiger partial charge in [0, 0.05) is 38.3 Å². The Balaban J connectivity index is 1.31. The molecule has 0 unspecified atom stereocenters. The van der Waals surface area contributed by atoms with Gasteiger partial charge in [0.15, 0.2) is 0 Å². The first-order valence-electron chi connectivity index (χ1n) is 10.5. The molecule has 1 amide bonds. The third-order valence-electron chi connectivity index (χ3n) is 6.11. The van der Waals surface area contributed by atoms with Crippen molar-refractivity contribution in [2.75, 3.05) is 31.1 Å². The van der Waals surface area contributed by atoms with Crippen LogP contribution in [-0.2, 0) is 21.9 Å². The third-order valence-corrected chi connectivity index (χ3v) is 6.11. The van der Waals surface area contributed by atoms with Crippen LogP contribution < -0.4 is 4.90 Å². The van der Waals surface area contributed by atoms with Crippen molar-refractivity contribution in [2.45, 2.75) is 37.9 Å². The van der Waals surface area contributed by atoms with Crippen LogP contribution in [0.15, 0.2) is 42.5 Å². The molecule has 2 aromatic rings. The topological polar surface area (TPSA) is 32.8 Å². The fourth-order valence-corrected chi connectivity index (χ4v) is 4.14. The van der Waals surface area contributed by atoms with E-state index in [4.69, 9.17) is 4.74 Å². The van der Waals surface area contributed by atoms with E-state index in [0.717, 1.165) is 29.8 Å². The van der Waals surface area contributed by atoms with Crippen molar-refractivity contribution in [1.82, 2.24) is 4.90 Å². The van der Waals surface area contributed by atoms with E-state index < -0.39 is 35.7 Å². The van der Waals surface area contributed by atoms with Crippen LogP contribution in [0.4, 0.5) is 32.0 Å². The molecule has 0 aromatic heterocycles. The standard InChI is InChI=1S/C23H22F6N2O2/c1-14-2-5-17(23(27,28)29)12-18(14)30-8-10-31(11-9-30)21(32)20-13-19(33-20)15-3-6-16(7-4-15)22(24,25)26/h2-7,12,19-20H,8-11,13H2,1H3/t19-,20+/m1/s1. The quantitative estimate of drug-likeness (QED) is 0.575. The molecule has 10 heteroatoms.